The van der Waals surface area contributed by atoms with Gasteiger partial charge in [0, 0.05) is 12.1 Å². The number of rotatable bonds is 4. The van der Waals surface area contributed by atoms with Gasteiger partial charge in [-0.05, 0) is 50.6 Å². The first kappa shape index (κ1) is 13.4. The Kier molecular flexibility index (Phi) is 3.92. The highest BCUT2D eigenvalue weighted by Crippen LogP contribution is 2.29. The molecule has 2 aliphatic rings. The minimum absolute atomic E-state index is 0.0278. The molecule has 0 bridgehead atoms. The molecule has 4 nitrogen and oxygen atoms in total. The fraction of sp³-hybridized carbons (Fsp3) is 0.562. The van der Waals surface area contributed by atoms with Gasteiger partial charge in [-0.25, -0.2) is 0 Å². The minimum atomic E-state index is 0.0278. The number of anilines is 1. The SMILES string of the molecule is CCC(C(=O)c1ccc2c(c1)NCCO2)N1CCCC1. The van der Waals surface area contributed by atoms with E-state index in [0.29, 0.717) is 6.61 Å². The normalized spacial score (nSPS) is 19.9. The van der Waals surface area contributed by atoms with Crippen LogP contribution in [-0.2, 0) is 0 Å². The molecule has 0 spiro atoms. The first-order valence-corrected chi connectivity index (χ1v) is 7.58. The van der Waals surface area contributed by atoms with Gasteiger partial charge in [-0.3, -0.25) is 9.69 Å². The van der Waals surface area contributed by atoms with E-state index in [0.717, 1.165) is 43.1 Å². The second-order valence-corrected chi connectivity index (χ2v) is 5.52. The predicted molar refractivity (Wildman–Crippen MR) is 79.6 cm³/mol. The Morgan fingerprint density at radius 2 is 2.20 bits per heavy atom. The lowest BCUT2D eigenvalue weighted by atomic mass is 10.00. The van der Waals surface area contributed by atoms with Gasteiger partial charge in [0.25, 0.3) is 0 Å². The van der Waals surface area contributed by atoms with Crippen molar-refractivity contribution in [2.45, 2.75) is 32.2 Å². The van der Waals surface area contributed by atoms with Gasteiger partial charge in [-0.2, -0.15) is 0 Å². The topological polar surface area (TPSA) is 41.6 Å². The highest BCUT2D eigenvalue weighted by molar-refractivity contribution is 6.01. The maximum atomic E-state index is 12.7. The number of fused-ring (bicyclic) bond motifs is 1. The molecule has 1 N–H and O–H groups in total. The molecule has 108 valence electrons. The van der Waals surface area contributed by atoms with E-state index >= 15 is 0 Å². The Morgan fingerprint density at radius 3 is 2.95 bits per heavy atom. The summed E-state index contributed by atoms with van der Waals surface area (Å²) in [6.07, 6.45) is 3.30. The fourth-order valence-corrected chi connectivity index (χ4v) is 3.15. The summed E-state index contributed by atoms with van der Waals surface area (Å²) in [5, 5.41) is 3.29. The van der Waals surface area contributed by atoms with Gasteiger partial charge >= 0.3 is 0 Å². The smallest absolute Gasteiger partial charge is 0.180 e. The lowest BCUT2D eigenvalue weighted by Crippen LogP contribution is -2.38. The standard InChI is InChI=1S/C16H22N2O2/c1-2-14(18-8-3-4-9-18)16(19)12-5-6-15-13(11-12)17-7-10-20-15/h5-6,11,14,17H,2-4,7-10H2,1H3. The van der Waals surface area contributed by atoms with Gasteiger partial charge in [0.2, 0.25) is 0 Å². The van der Waals surface area contributed by atoms with Crippen LogP contribution in [0, 0.1) is 0 Å². The molecule has 1 aromatic rings. The van der Waals surface area contributed by atoms with Gasteiger partial charge in [0.15, 0.2) is 5.78 Å². The number of nitrogens with zero attached hydrogens (tertiary/aromatic N) is 1. The molecule has 2 heterocycles. The maximum Gasteiger partial charge on any atom is 0.180 e. The third-order valence-corrected chi connectivity index (χ3v) is 4.21. The van der Waals surface area contributed by atoms with E-state index in [-0.39, 0.29) is 11.8 Å². The van der Waals surface area contributed by atoms with E-state index in [1.54, 1.807) is 0 Å². The Labute approximate surface area is 120 Å². The molecule has 1 atom stereocenters. The molecule has 0 radical (unpaired) electrons. The van der Waals surface area contributed by atoms with Crippen LogP contribution in [0.25, 0.3) is 0 Å². The molecule has 1 saturated heterocycles. The quantitative estimate of drug-likeness (QED) is 0.857. The van der Waals surface area contributed by atoms with Crippen LogP contribution in [0.4, 0.5) is 5.69 Å². The van der Waals surface area contributed by atoms with Crippen LogP contribution in [0.15, 0.2) is 18.2 Å². The van der Waals surface area contributed by atoms with E-state index in [1.165, 1.54) is 12.8 Å². The molecule has 0 amide bonds. The Hall–Kier alpha value is -1.55. The lowest BCUT2D eigenvalue weighted by Gasteiger charge is -2.26. The monoisotopic (exact) mass is 274 g/mol. The molecule has 1 unspecified atom stereocenters. The number of hydrogen-bond donors (Lipinski definition) is 1. The Morgan fingerprint density at radius 1 is 1.40 bits per heavy atom. The van der Waals surface area contributed by atoms with Crippen molar-refractivity contribution >= 4 is 11.5 Å². The molecule has 1 aromatic carbocycles. The zero-order valence-electron chi connectivity index (χ0n) is 12.0. The average Bonchev–Trinajstić information content (AvgIpc) is 3.01. The van der Waals surface area contributed by atoms with Crippen molar-refractivity contribution in [1.82, 2.24) is 4.90 Å². The third kappa shape index (κ3) is 2.52. The zero-order chi connectivity index (χ0) is 13.9. The van der Waals surface area contributed by atoms with E-state index in [2.05, 4.69) is 17.1 Å². The predicted octanol–water partition coefficient (Wildman–Crippen LogP) is 2.55. The number of benzene rings is 1. The summed E-state index contributed by atoms with van der Waals surface area (Å²) in [6.45, 7) is 5.69. The largest absolute Gasteiger partial charge is 0.490 e. The minimum Gasteiger partial charge on any atom is -0.490 e. The van der Waals surface area contributed by atoms with Gasteiger partial charge in [-0.1, -0.05) is 6.92 Å². The summed E-state index contributed by atoms with van der Waals surface area (Å²) in [7, 11) is 0. The third-order valence-electron chi connectivity index (χ3n) is 4.21. The average molecular weight is 274 g/mol. The summed E-state index contributed by atoms with van der Waals surface area (Å²) in [5.41, 5.74) is 1.74. The number of hydrogen-bond acceptors (Lipinski definition) is 4. The van der Waals surface area contributed by atoms with Crippen LogP contribution in [0.1, 0.15) is 36.5 Å². The van der Waals surface area contributed by atoms with Crippen LogP contribution >= 0.6 is 0 Å². The second kappa shape index (κ2) is 5.83. The molecule has 20 heavy (non-hydrogen) atoms. The first-order valence-electron chi connectivity index (χ1n) is 7.58. The van der Waals surface area contributed by atoms with Gasteiger partial charge < -0.3 is 10.1 Å². The highest BCUT2D eigenvalue weighted by atomic mass is 16.5. The van der Waals surface area contributed by atoms with E-state index in [9.17, 15) is 4.79 Å². The summed E-state index contributed by atoms with van der Waals surface area (Å²) >= 11 is 0. The summed E-state index contributed by atoms with van der Waals surface area (Å²) in [6, 6.07) is 5.77. The molecule has 0 saturated carbocycles. The van der Waals surface area contributed by atoms with E-state index in [1.807, 2.05) is 18.2 Å². The molecular formula is C16H22N2O2. The van der Waals surface area contributed by atoms with Crippen molar-refractivity contribution in [3.05, 3.63) is 23.8 Å². The molecular weight excluding hydrogens is 252 g/mol. The van der Waals surface area contributed by atoms with Crippen molar-refractivity contribution in [3.8, 4) is 5.75 Å². The highest BCUT2D eigenvalue weighted by Gasteiger charge is 2.27. The number of nitrogens with one attached hydrogen (secondary N) is 1. The van der Waals surface area contributed by atoms with Crippen LogP contribution in [0.3, 0.4) is 0 Å². The Bertz CT molecular complexity index is 495. The van der Waals surface area contributed by atoms with Gasteiger partial charge in [0.05, 0.1) is 11.7 Å². The number of ketones is 1. The van der Waals surface area contributed by atoms with E-state index < -0.39 is 0 Å². The van der Waals surface area contributed by atoms with E-state index in [4.69, 9.17) is 4.74 Å². The Balaban J connectivity index is 1.81. The maximum absolute atomic E-state index is 12.7. The fourth-order valence-electron chi connectivity index (χ4n) is 3.15. The first-order chi connectivity index (χ1) is 9.79. The van der Waals surface area contributed by atoms with Crippen molar-refractivity contribution < 1.29 is 9.53 Å². The molecule has 4 heteroatoms. The van der Waals surface area contributed by atoms with Gasteiger partial charge in [0.1, 0.15) is 12.4 Å². The number of carbonyl (C=O) groups excluding carboxylic acids is 1. The second-order valence-electron chi connectivity index (χ2n) is 5.52. The zero-order valence-corrected chi connectivity index (χ0v) is 12.0. The number of carbonyl (C=O) groups is 1. The van der Waals surface area contributed by atoms with Crippen LogP contribution < -0.4 is 10.1 Å². The van der Waals surface area contributed by atoms with Crippen LogP contribution in [0.2, 0.25) is 0 Å². The van der Waals surface area contributed by atoms with Gasteiger partial charge in [-0.15, -0.1) is 0 Å². The van der Waals surface area contributed by atoms with Crippen molar-refractivity contribution in [3.63, 3.8) is 0 Å². The van der Waals surface area contributed by atoms with Crippen molar-refractivity contribution in [2.24, 2.45) is 0 Å². The molecule has 0 aliphatic carbocycles. The number of ether oxygens (including phenoxy) is 1. The number of likely N-dealkylation sites (tertiary alicyclic amines) is 1. The van der Waals surface area contributed by atoms with Crippen molar-refractivity contribution in [1.29, 1.82) is 0 Å². The molecule has 1 fully saturated rings. The molecule has 2 aliphatic heterocycles. The summed E-state index contributed by atoms with van der Waals surface area (Å²) in [4.78, 5) is 15.1. The molecule has 3 rings (SSSR count). The lowest BCUT2D eigenvalue weighted by molar-refractivity contribution is 0.0844. The molecule has 0 aromatic heterocycles. The van der Waals surface area contributed by atoms with Crippen molar-refractivity contribution in [2.75, 3.05) is 31.6 Å². The summed E-state index contributed by atoms with van der Waals surface area (Å²) in [5.74, 6) is 1.09. The number of Topliss-reactive ketones (excluding diaryl/α,β-unsaturated/α-hetero) is 1. The van der Waals surface area contributed by atoms with Crippen LogP contribution in [0.5, 0.6) is 5.75 Å². The summed E-state index contributed by atoms with van der Waals surface area (Å²) < 4.78 is 5.56. The van der Waals surface area contributed by atoms with Crippen LogP contribution in [-0.4, -0.2) is 43.0 Å².